The number of aromatic nitrogens is 1. The minimum Gasteiger partial charge on any atom is -0.480 e. The molecule has 0 spiro atoms. The normalized spacial score (nSPS) is 17.6. The molecule has 1 aromatic rings. The van der Waals surface area contributed by atoms with Gasteiger partial charge >= 0.3 is 5.97 Å². The van der Waals surface area contributed by atoms with E-state index < -0.39 is 12.0 Å². The van der Waals surface area contributed by atoms with E-state index in [1.807, 2.05) is 4.90 Å². The molecule has 0 bridgehead atoms. The van der Waals surface area contributed by atoms with Gasteiger partial charge in [0.25, 0.3) is 5.91 Å². The Hall–Kier alpha value is -1.66. The lowest BCUT2D eigenvalue weighted by molar-refractivity contribution is -0.143. The van der Waals surface area contributed by atoms with Crippen molar-refractivity contribution in [2.24, 2.45) is 0 Å². The highest BCUT2D eigenvalue weighted by Gasteiger charge is 2.27. The van der Waals surface area contributed by atoms with E-state index in [0.717, 1.165) is 0 Å². The Bertz CT molecular complexity index is 536. The number of amides is 1. The van der Waals surface area contributed by atoms with Gasteiger partial charge < -0.3 is 10.0 Å². The second kappa shape index (κ2) is 6.41. The summed E-state index contributed by atoms with van der Waals surface area (Å²) in [7, 11) is 0. The van der Waals surface area contributed by atoms with Crippen LogP contribution in [0.4, 0.5) is 0 Å². The first kappa shape index (κ1) is 15.7. The summed E-state index contributed by atoms with van der Waals surface area (Å²) in [5.41, 5.74) is 1.22. The zero-order chi connectivity index (χ0) is 15.6. The summed E-state index contributed by atoms with van der Waals surface area (Å²) in [5.74, 6) is -0.934. The molecule has 1 saturated heterocycles. The van der Waals surface area contributed by atoms with Crippen molar-refractivity contribution >= 4 is 23.5 Å². The number of carboxylic acid groups (broad SMARTS) is 1. The molecule has 1 atom stereocenters. The fourth-order valence-electron chi connectivity index (χ4n) is 2.40. The number of aryl methyl sites for hydroxylation is 1. The molecule has 1 aliphatic heterocycles. The number of nitrogens with zero attached hydrogens (tertiary/aromatic N) is 3. The topological polar surface area (TPSA) is 73.7 Å². The number of rotatable bonds is 3. The maximum atomic E-state index is 12.4. The van der Waals surface area contributed by atoms with Crippen molar-refractivity contribution in [3.63, 3.8) is 0 Å². The summed E-state index contributed by atoms with van der Waals surface area (Å²) >= 11 is 5.88. The van der Waals surface area contributed by atoms with E-state index in [4.69, 9.17) is 16.7 Å². The minimum atomic E-state index is -0.841. The number of carboxylic acids is 1. The van der Waals surface area contributed by atoms with Crippen molar-refractivity contribution < 1.29 is 14.7 Å². The van der Waals surface area contributed by atoms with E-state index in [0.29, 0.717) is 42.6 Å². The zero-order valence-electron chi connectivity index (χ0n) is 12.0. The fraction of sp³-hybridized carbons (Fsp3) is 0.500. The molecule has 21 heavy (non-hydrogen) atoms. The van der Waals surface area contributed by atoms with Crippen molar-refractivity contribution in [2.45, 2.75) is 19.9 Å². The minimum absolute atomic E-state index is 0.0926. The lowest BCUT2D eigenvalue weighted by Crippen LogP contribution is -2.53. The van der Waals surface area contributed by atoms with Gasteiger partial charge in [0.1, 0.15) is 11.2 Å². The molecule has 2 heterocycles. The van der Waals surface area contributed by atoms with Crippen LogP contribution in [0.15, 0.2) is 12.1 Å². The maximum absolute atomic E-state index is 12.4. The van der Waals surface area contributed by atoms with E-state index in [9.17, 15) is 9.59 Å². The molecule has 0 saturated carbocycles. The molecule has 2 rings (SSSR count). The molecular formula is C14H18ClN3O3. The van der Waals surface area contributed by atoms with Crippen LogP contribution >= 0.6 is 11.6 Å². The number of pyridine rings is 1. The van der Waals surface area contributed by atoms with Gasteiger partial charge in [-0.3, -0.25) is 14.5 Å². The first-order valence-electron chi connectivity index (χ1n) is 6.79. The number of halogens is 1. The van der Waals surface area contributed by atoms with Crippen LogP contribution in [0.5, 0.6) is 0 Å². The van der Waals surface area contributed by atoms with Gasteiger partial charge in [0.2, 0.25) is 0 Å². The quantitative estimate of drug-likeness (QED) is 0.851. The predicted octanol–water partition coefficient (Wildman–Crippen LogP) is 1.27. The summed E-state index contributed by atoms with van der Waals surface area (Å²) in [6.45, 7) is 5.57. The number of hydrogen-bond donors (Lipinski definition) is 1. The Labute approximate surface area is 128 Å². The Morgan fingerprint density at radius 3 is 2.43 bits per heavy atom. The first-order valence-corrected chi connectivity index (χ1v) is 7.16. The molecule has 1 fully saturated rings. The number of hydrogen-bond acceptors (Lipinski definition) is 4. The van der Waals surface area contributed by atoms with Crippen molar-refractivity contribution in [3.05, 3.63) is 28.5 Å². The highest BCUT2D eigenvalue weighted by atomic mass is 35.5. The predicted molar refractivity (Wildman–Crippen MR) is 78.6 cm³/mol. The molecule has 6 nitrogen and oxygen atoms in total. The molecule has 7 heteroatoms. The second-order valence-corrected chi connectivity index (χ2v) is 5.55. The molecule has 1 N–H and O–H groups in total. The lowest BCUT2D eigenvalue weighted by atomic mass is 10.1. The van der Waals surface area contributed by atoms with Crippen molar-refractivity contribution in [3.8, 4) is 0 Å². The van der Waals surface area contributed by atoms with Crippen molar-refractivity contribution in [1.29, 1.82) is 0 Å². The van der Waals surface area contributed by atoms with Crippen LogP contribution in [0.3, 0.4) is 0 Å². The Morgan fingerprint density at radius 2 is 1.90 bits per heavy atom. The van der Waals surface area contributed by atoms with E-state index in [-0.39, 0.29) is 5.91 Å². The average molecular weight is 312 g/mol. The standard InChI is InChI=1S/C14H18ClN3O3/c1-9-7-11(8-12(15)16-9)13(19)18-5-3-17(4-6-18)10(2)14(20)21/h7-8,10H,3-6H2,1-2H3,(H,20,21). The van der Waals surface area contributed by atoms with Crippen molar-refractivity contribution in [2.75, 3.05) is 26.2 Å². The first-order chi connectivity index (χ1) is 9.88. The molecular weight excluding hydrogens is 294 g/mol. The van der Waals surface area contributed by atoms with Crippen LogP contribution in [-0.2, 0) is 4.79 Å². The van der Waals surface area contributed by atoms with Gasteiger partial charge in [-0.1, -0.05) is 11.6 Å². The number of carbonyl (C=O) groups excluding carboxylic acids is 1. The van der Waals surface area contributed by atoms with E-state index in [2.05, 4.69) is 4.98 Å². The average Bonchev–Trinajstić information content (AvgIpc) is 2.44. The Morgan fingerprint density at radius 1 is 1.29 bits per heavy atom. The summed E-state index contributed by atoms with van der Waals surface area (Å²) in [6.07, 6.45) is 0. The monoisotopic (exact) mass is 311 g/mol. The molecule has 1 aromatic heterocycles. The molecule has 114 valence electrons. The van der Waals surface area contributed by atoms with E-state index in [1.165, 1.54) is 0 Å². The third-order valence-corrected chi connectivity index (χ3v) is 3.87. The maximum Gasteiger partial charge on any atom is 0.320 e. The van der Waals surface area contributed by atoms with Crippen molar-refractivity contribution in [1.82, 2.24) is 14.8 Å². The number of aliphatic carboxylic acids is 1. The van der Waals surface area contributed by atoms with Gasteiger partial charge in [-0.05, 0) is 26.0 Å². The fourth-order valence-corrected chi connectivity index (χ4v) is 2.65. The highest BCUT2D eigenvalue weighted by Crippen LogP contribution is 2.15. The zero-order valence-corrected chi connectivity index (χ0v) is 12.8. The molecule has 0 aromatic carbocycles. The molecule has 1 amide bonds. The second-order valence-electron chi connectivity index (χ2n) is 5.16. The van der Waals surface area contributed by atoms with Gasteiger partial charge in [-0.25, -0.2) is 4.98 Å². The third kappa shape index (κ3) is 3.71. The van der Waals surface area contributed by atoms with E-state index in [1.54, 1.807) is 30.9 Å². The molecule has 0 aliphatic carbocycles. The summed E-state index contributed by atoms with van der Waals surface area (Å²) < 4.78 is 0. The van der Waals surface area contributed by atoms with Crippen LogP contribution < -0.4 is 0 Å². The summed E-state index contributed by atoms with van der Waals surface area (Å²) in [5, 5.41) is 9.31. The highest BCUT2D eigenvalue weighted by molar-refractivity contribution is 6.29. The SMILES string of the molecule is Cc1cc(C(=O)N2CCN(C(C)C(=O)O)CC2)cc(Cl)n1. The van der Waals surface area contributed by atoms with Gasteiger partial charge in [0.05, 0.1) is 0 Å². The molecule has 0 radical (unpaired) electrons. The van der Waals surface area contributed by atoms with Gasteiger partial charge in [0, 0.05) is 37.4 Å². The van der Waals surface area contributed by atoms with Gasteiger partial charge in [-0.2, -0.15) is 0 Å². The van der Waals surface area contributed by atoms with Crippen LogP contribution in [0.1, 0.15) is 23.0 Å². The third-order valence-electron chi connectivity index (χ3n) is 3.68. The van der Waals surface area contributed by atoms with Gasteiger partial charge in [0.15, 0.2) is 0 Å². The van der Waals surface area contributed by atoms with E-state index >= 15 is 0 Å². The van der Waals surface area contributed by atoms with Gasteiger partial charge in [-0.15, -0.1) is 0 Å². The Kier molecular flexibility index (Phi) is 4.80. The smallest absolute Gasteiger partial charge is 0.320 e. The largest absolute Gasteiger partial charge is 0.480 e. The van der Waals surface area contributed by atoms with Crippen LogP contribution in [0.2, 0.25) is 5.15 Å². The molecule has 1 unspecified atom stereocenters. The van der Waals surface area contributed by atoms with Crippen LogP contribution in [0.25, 0.3) is 0 Å². The number of piperazine rings is 1. The molecule has 1 aliphatic rings. The summed E-state index contributed by atoms with van der Waals surface area (Å²) in [6, 6.07) is 2.74. The number of carbonyl (C=O) groups is 2. The summed E-state index contributed by atoms with van der Waals surface area (Å²) in [4.78, 5) is 31.0. The van der Waals surface area contributed by atoms with Crippen LogP contribution in [0, 0.1) is 6.92 Å². The Balaban J connectivity index is 2.01. The van der Waals surface area contributed by atoms with Crippen LogP contribution in [-0.4, -0.2) is 64.0 Å². The lowest BCUT2D eigenvalue weighted by Gasteiger charge is -2.36.